The number of hydrogen-bond donors (Lipinski definition) is 1. The van der Waals surface area contributed by atoms with Gasteiger partial charge in [0.05, 0.1) is 12.0 Å². The minimum absolute atomic E-state index is 0.00650. The van der Waals surface area contributed by atoms with Crippen LogP contribution in [-0.2, 0) is 14.3 Å². The molecule has 2 aliphatic rings. The summed E-state index contributed by atoms with van der Waals surface area (Å²) in [5, 5.41) is 2.78. The first kappa shape index (κ1) is 17.9. The van der Waals surface area contributed by atoms with E-state index in [-0.39, 0.29) is 36.4 Å². The van der Waals surface area contributed by atoms with Crippen LogP contribution < -0.4 is 5.32 Å². The molecule has 0 spiro atoms. The van der Waals surface area contributed by atoms with Crippen LogP contribution in [0.3, 0.4) is 0 Å². The summed E-state index contributed by atoms with van der Waals surface area (Å²) in [6, 6.07) is 7.22. The van der Waals surface area contributed by atoms with Crippen molar-refractivity contribution in [2.24, 2.45) is 5.92 Å². The lowest BCUT2D eigenvalue weighted by molar-refractivity contribution is -0.150. The second-order valence-electron chi connectivity index (χ2n) is 6.51. The largest absolute Gasteiger partial charge is 0.463 e. The molecule has 134 valence electrons. The number of benzene rings is 1. The standard InChI is InChI=1S/C18H21BrN2O4/c19-14-3-1-12(2-4-14)17(23)21-9-7-13(8-10-21)18(24)25-11-15-5-6-16(22)20-15/h1-4,13,15H,5-11H2,(H,20,22). The van der Waals surface area contributed by atoms with E-state index in [9.17, 15) is 14.4 Å². The van der Waals surface area contributed by atoms with E-state index in [1.165, 1.54) is 0 Å². The molecule has 1 atom stereocenters. The Morgan fingerprint density at radius 3 is 2.44 bits per heavy atom. The Labute approximate surface area is 155 Å². The number of carbonyl (C=O) groups excluding carboxylic acids is 3. The first-order valence-electron chi connectivity index (χ1n) is 8.54. The molecule has 0 aliphatic carbocycles. The van der Waals surface area contributed by atoms with Crippen LogP contribution in [0.2, 0.25) is 0 Å². The maximum absolute atomic E-state index is 12.5. The van der Waals surface area contributed by atoms with E-state index in [0.29, 0.717) is 44.3 Å². The fraction of sp³-hybridized carbons (Fsp3) is 0.500. The Bertz CT molecular complexity index is 654. The molecule has 1 aromatic carbocycles. The lowest BCUT2D eigenvalue weighted by Crippen LogP contribution is -2.41. The van der Waals surface area contributed by atoms with E-state index in [1.54, 1.807) is 17.0 Å². The van der Waals surface area contributed by atoms with Gasteiger partial charge in [-0.2, -0.15) is 0 Å². The third-order valence-electron chi connectivity index (χ3n) is 4.72. The van der Waals surface area contributed by atoms with Gasteiger partial charge in [0.1, 0.15) is 6.61 Å². The second kappa shape index (κ2) is 7.99. The number of rotatable bonds is 4. The molecular formula is C18H21BrN2O4. The summed E-state index contributed by atoms with van der Waals surface area (Å²) in [6.45, 7) is 1.34. The minimum Gasteiger partial charge on any atom is -0.463 e. The summed E-state index contributed by atoms with van der Waals surface area (Å²) < 4.78 is 6.28. The molecule has 2 fully saturated rings. The van der Waals surface area contributed by atoms with E-state index in [4.69, 9.17) is 4.74 Å². The van der Waals surface area contributed by atoms with E-state index in [1.807, 2.05) is 12.1 Å². The van der Waals surface area contributed by atoms with Crippen molar-refractivity contribution in [1.82, 2.24) is 10.2 Å². The van der Waals surface area contributed by atoms with E-state index in [2.05, 4.69) is 21.2 Å². The van der Waals surface area contributed by atoms with Crippen molar-refractivity contribution >= 4 is 33.7 Å². The maximum Gasteiger partial charge on any atom is 0.309 e. The number of piperidine rings is 1. The number of hydrogen-bond acceptors (Lipinski definition) is 4. The fourth-order valence-electron chi connectivity index (χ4n) is 3.20. The quantitative estimate of drug-likeness (QED) is 0.774. The van der Waals surface area contributed by atoms with Crippen molar-refractivity contribution in [3.8, 4) is 0 Å². The highest BCUT2D eigenvalue weighted by Gasteiger charge is 2.30. The van der Waals surface area contributed by atoms with Gasteiger partial charge in [-0.1, -0.05) is 15.9 Å². The zero-order chi connectivity index (χ0) is 17.8. The monoisotopic (exact) mass is 408 g/mol. The zero-order valence-electron chi connectivity index (χ0n) is 13.9. The van der Waals surface area contributed by atoms with Gasteiger partial charge >= 0.3 is 5.97 Å². The fourth-order valence-corrected chi connectivity index (χ4v) is 3.46. The number of likely N-dealkylation sites (tertiary alicyclic amines) is 1. The molecule has 0 aromatic heterocycles. The highest BCUT2D eigenvalue weighted by Crippen LogP contribution is 2.21. The normalized spacial score (nSPS) is 21.1. The summed E-state index contributed by atoms with van der Waals surface area (Å²) in [5.41, 5.74) is 0.654. The topological polar surface area (TPSA) is 75.7 Å². The van der Waals surface area contributed by atoms with Gasteiger partial charge < -0.3 is 15.0 Å². The molecule has 3 rings (SSSR count). The van der Waals surface area contributed by atoms with Gasteiger partial charge in [-0.25, -0.2) is 0 Å². The zero-order valence-corrected chi connectivity index (χ0v) is 15.5. The lowest BCUT2D eigenvalue weighted by Gasteiger charge is -2.31. The predicted molar refractivity (Wildman–Crippen MR) is 94.9 cm³/mol. The SMILES string of the molecule is O=C1CCC(COC(=O)C2CCN(C(=O)c3ccc(Br)cc3)CC2)N1. The summed E-state index contributed by atoms with van der Waals surface area (Å²) in [4.78, 5) is 37.6. The molecule has 0 saturated carbocycles. The molecule has 2 heterocycles. The third kappa shape index (κ3) is 4.60. The number of nitrogens with one attached hydrogen (secondary N) is 1. The van der Waals surface area contributed by atoms with Gasteiger partial charge in [0, 0.05) is 29.5 Å². The first-order chi connectivity index (χ1) is 12.0. The van der Waals surface area contributed by atoms with Crippen LogP contribution in [0.1, 0.15) is 36.0 Å². The molecule has 0 bridgehead atoms. The highest BCUT2D eigenvalue weighted by atomic mass is 79.9. The Hall–Kier alpha value is -1.89. The predicted octanol–water partition coefficient (Wildman–Crippen LogP) is 2.12. The smallest absolute Gasteiger partial charge is 0.309 e. The number of esters is 1. The molecule has 25 heavy (non-hydrogen) atoms. The Morgan fingerprint density at radius 2 is 1.84 bits per heavy atom. The molecule has 2 amide bonds. The first-order valence-corrected chi connectivity index (χ1v) is 9.33. The van der Waals surface area contributed by atoms with E-state index < -0.39 is 0 Å². The highest BCUT2D eigenvalue weighted by molar-refractivity contribution is 9.10. The lowest BCUT2D eigenvalue weighted by atomic mass is 9.96. The van der Waals surface area contributed by atoms with Gasteiger partial charge in [0.2, 0.25) is 5.91 Å². The number of amides is 2. The third-order valence-corrected chi connectivity index (χ3v) is 5.25. The van der Waals surface area contributed by atoms with Crippen molar-refractivity contribution in [2.45, 2.75) is 31.7 Å². The summed E-state index contributed by atoms with van der Waals surface area (Å²) >= 11 is 3.36. The Kier molecular flexibility index (Phi) is 5.73. The van der Waals surface area contributed by atoms with Crippen LogP contribution in [0.25, 0.3) is 0 Å². The van der Waals surface area contributed by atoms with E-state index in [0.717, 1.165) is 4.47 Å². The maximum atomic E-state index is 12.5. The molecule has 1 aromatic rings. The van der Waals surface area contributed by atoms with Crippen LogP contribution in [0.5, 0.6) is 0 Å². The van der Waals surface area contributed by atoms with Crippen LogP contribution in [-0.4, -0.2) is 48.4 Å². The average molecular weight is 409 g/mol. The van der Waals surface area contributed by atoms with Crippen molar-refractivity contribution in [2.75, 3.05) is 19.7 Å². The molecule has 1 N–H and O–H groups in total. The summed E-state index contributed by atoms with van der Waals surface area (Å²) in [7, 11) is 0. The summed E-state index contributed by atoms with van der Waals surface area (Å²) in [5.74, 6) is -0.392. The molecular weight excluding hydrogens is 388 g/mol. The number of nitrogens with zero attached hydrogens (tertiary/aromatic N) is 1. The molecule has 2 saturated heterocycles. The molecule has 6 nitrogen and oxygen atoms in total. The van der Waals surface area contributed by atoms with Crippen molar-refractivity contribution in [3.63, 3.8) is 0 Å². The number of halogens is 1. The molecule has 2 aliphatic heterocycles. The summed E-state index contributed by atoms with van der Waals surface area (Å²) in [6.07, 6.45) is 2.43. The van der Waals surface area contributed by atoms with Gasteiger partial charge in [-0.15, -0.1) is 0 Å². The van der Waals surface area contributed by atoms with Crippen molar-refractivity contribution in [3.05, 3.63) is 34.3 Å². The molecule has 0 radical (unpaired) electrons. The number of ether oxygens (including phenoxy) is 1. The molecule has 1 unspecified atom stereocenters. The van der Waals surface area contributed by atoms with Crippen molar-refractivity contribution < 1.29 is 19.1 Å². The van der Waals surface area contributed by atoms with Crippen LogP contribution >= 0.6 is 15.9 Å². The van der Waals surface area contributed by atoms with Crippen LogP contribution in [0.4, 0.5) is 0 Å². The van der Waals surface area contributed by atoms with Gasteiger partial charge in [0.15, 0.2) is 0 Å². The van der Waals surface area contributed by atoms with Crippen LogP contribution in [0, 0.1) is 5.92 Å². The van der Waals surface area contributed by atoms with Gasteiger partial charge in [0.25, 0.3) is 5.91 Å². The van der Waals surface area contributed by atoms with Crippen molar-refractivity contribution in [1.29, 1.82) is 0 Å². The molecule has 7 heteroatoms. The second-order valence-corrected chi connectivity index (χ2v) is 7.42. The Balaban J connectivity index is 1.44. The minimum atomic E-state index is -0.225. The van der Waals surface area contributed by atoms with Gasteiger partial charge in [-0.3, -0.25) is 14.4 Å². The number of carbonyl (C=O) groups is 3. The Morgan fingerprint density at radius 1 is 1.16 bits per heavy atom. The van der Waals surface area contributed by atoms with E-state index >= 15 is 0 Å². The van der Waals surface area contributed by atoms with Gasteiger partial charge in [-0.05, 0) is 43.5 Å². The average Bonchev–Trinajstić information content (AvgIpc) is 3.05. The van der Waals surface area contributed by atoms with Crippen LogP contribution in [0.15, 0.2) is 28.7 Å².